The molecule has 0 aliphatic heterocycles. The van der Waals surface area contributed by atoms with Crippen molar-refractivity contribution in [3.05, 3.63) is 88.9 Å². The number of rotatable bonds is 2. The molecule has 2 N–H and O–H groups in total. The summed E-state index contributed by atoms with van der Waals surface area (Å²) >= 11 is 6.04. The standard InChI is InChI=1S/C24H16ClNO2/c25-16-10-8-14(9-11-16)20-13-18(17-5-1-2-6-21(17)27)19-12-15-4-3-7-22(28)23(15)24(19)26-20/h1-11,13,27-28H,12H2. The Morgan fingerprint density at radius 1 is 0.786 bits per heavy atom. The molecule has 1 aliphatic carbocycles. The number of halogens is 1. The van der Waals surface area contributed by atoms with Crippen molar-refractivity contribution in [2.24, 2.45) is 0 Å². The summed E-state index contributed by atoms with van der Waals surface area (Å²) in [5.74, 6) is 0.443. The Balaban J connectivity index is 1.82. The fraction of sp³-hybridized carbons (Fsp3) is 0.0417. The maximum absolute atomic E-state index is 10.5. The summed E-state index contributed by atoms with van der Waals surface area (Å²) in [5, 5.41) is 21.6. The Hall–Kier alpha value is -3.30. The van der Waals surface area contributed by atoms with E-state index in [2.05, 4.69) is 0 Å². The molecule has 0 unspecified atom stereocenters. The summed E-state index contributed by atoms with van der Waals surface area (Å²) < 4.78 is 0. The van der Waals surface area contributed by atoms with Gasteiger partial charge in [-0.15, -0.1) is 0 Å². The normalized spacial score (nSPS) is 11.9. The molecule has 5 rings (SSSR count). The number of phenolic OH excluding ortho intramolecular Hbond substituents is 2. The van der Waals surface area contributed by atoms with Crippen molar-refractivity contribution in [2.45, 2.75) is 6.42 Å². The highest BCUT2D eigenvalue weighted by atomic mass is 35.5. The van der Waals surface area contributed by atoms with E-state index in [9.17, 15) is 10.2 Å². The van der Waals surface area contributed by atoms with Crippen molar-refractivity contribution >= 4 is 11.6 Å². The van der Waals surface area contributed by atoms with Crippen LogP contribution < -0.4 is 0 Å². The van der Waals surface area contributed by atoms with Crippen molar-refractivity contribution in [1.82, 2.24) is 4.98 Å². The van der Waals surface area contributed by atoms with Gasteiger partial charge >= 0.3 is 0 Å². The van der Waals surface area contributed by atoms with Crippen molar-refractivity contribution in [3.63, 3.8) is 0 Å². The van der Waals surface area contributed by atoms with Crippen molar-refractivity contribution in [1.29, 1.82) is 0 Å². The zero-order chi connectivity index (χ0) is 19.3. The second-order valence-electron chi connectivity index (χ2n) is 6.89. The Labute approximate surface area is 167 Å². The zero-order valence-corrected chi connectivity index (χ0v) is 15.6. The molecule has 0 radical (unpaired) electrons. The summed E-state index contributed by atoms with van der Waals surface area (Å²) in [5.41, 5.74) is 6.94. The highest BCUT2D eigenvalue weighted by Crippen LogP contribution is 2.47. The Bertz CT molecular complexity index is 1220. The molecule has 28 heavy (non-hydrogen) atoms. The van der Waals surface area contributed by atoms with E-state index in [4.69, 9.17) is 16.6 Å². The van der Waals surface area contributed by atoms with Crippen LogP contribution >= 0.6 is 11.6 Å². The van der Waals surface area contributed by atoms with E-state index in [1.807, 2.05) is 54.6 Å². The lowest BCUT2D eigenvalue weighted by Gasteiger charge is -2.13. The van der Waals surface area contributed by atoms with E-state index in [-0.39, 0.29) is 11.5 Å². The minimum atomic E-state index is 0.220. The number of phenols is 2. The maximum atomic E-state index is 10.5. The highest BCUT2D eigenvalue weighted by Gasteiger charge is 2.27. The molecule has 0 saturated heterocycles. The van der Waals surface area contributed by atoms with E-state index in [1.165, 1.54) is 0 Å². The Kier molecular flexibility index (Phi) is 3.85. The second kappa shape index (κ2) is 6.39. The zero-order valence-electron chi connectivity index (χ0n) is 14.9. The fourth-order valence-corrected chi connectivity index (χ4v) is 3.99. The monoisotopic (exact) mass is 385 g/mol. The van der Waals surface area contributed by atoms with Crippen molar-refractivity contribution in [3.8, 4) is 45.1 Å². The summed E-state index contributed by atoms with van der Waals surface area (Å²) in [6.45, 7) is 0. The van der Waals surface area contributed by atoms with Crippen LogP contribution in [0.25, 0.3) is 33.6 Å². The lowest BCUT2D eigenvalue weighted by Crippen LogP contribution is -1.95. The van der Waals surface area contributed by atoms with Crippen LogP contribution in [0, 0.1) is 0 Å². The Morgan fingerprint density at radius 2 is 1.54 bits per heavy atom. The molecule has 0 amide bonds. The molecule has 0 atom stereocenters. The molecule has 1 aromatic heterocycles. The maximum Gasteiger partial charge on any atom is 0.125 e. The van der Waals surface area contributed by atoms with Gasteiger partial charge in [0.2, 0.25) is 0 Å². The van der Waals surface area contributed by atoms with Gasteiger partial charge < -0.3 is 10.2 Å². The number of hydrogen-bond donors (Lipinski definition) is 2. The van der Waals surface area contributed by atoms with Gasteiger partial charge in [0.05, 0.1) is 11.4 Å². The summed E-state index contributed by atoms with van der Waals surface area (Å²) in [4.78, 5) is 4.89. The van der Waals surface area contributed by atoms with E-state index in [1.54, 1.807) is 18.2 Å². The van der Waals surface area contributed by atoms with Gasteiger partial charge in [-0.25, -0.2) is 4.98 Å². The first-order chi connectivity index (χ1) is 13.6. The number of para-hydroxylation sites is 1. The van der Waals surface area contributed by atoms with Crippen LogP contribution in [0.4, 0.5) is 0 Å². The van der Waals surface area contributed by atoms with Crippen LogP contribution in [0.2, 0.25) is 5.02 Å². The molecule has 1 heterocycles. The van der Waals surface area contributed by atoms with Crippen molar-refractivity contribution in [2.75, 3.05) is 0 Å². The third kappa shape index (κ3) is 2.63. The average molecular weight is 386 g/mol. The number of benzene rings is 3. The quantitative estimate of drug-likeness (QED) is 0.389. The first kappa shape index (κ1) is 16.8. The van der Waals surface area contributed by atoms with Crippen LogP contribution in [0.15, 0.2) is 72.8 Å². The van der Waals surface area contributed by atoms with Crippen LogP contribution in [0.3, 0.4) is 0 Å². The fourth-order valence-electron chi connectivity index (χ4n) is 3.87. The predicted octanol–water partition coefficient (Wildman–Crippen LogP) is 6.05. The molecule has 0 saturated carbocycles. The van der Waals surface area contributed by atoms with Gasteiger partial charge in [-0.1, -0.05) is 54.1 Å². The van der Waals surface area contributed by atoms with Gasteiger partial charge in [0, 0.05) is 28.1 Å². The minimum absolute atomic E-state index is 0.220. The van der Waals surface area contributed by atoms with E-state index in [0.29, 0.717) is 11.4 Å². The molecule has 4 heteroatoms. The number of aromatic hydroxyl groups is 2. The van der Waals surface area contributed by atoms with Crippen LogP contribution in [0.1, 0.15) is 11.1 Å². The smallest absolute Gasteiger partial charge is 0.125 e. The lowest BCUT2D eigenvalue weighted by atomic mass is 9.95. The summed E-state index contributed by atoms with van der Waals surface area (Å²) in [6.07, 6.45) is 0.663. The van der Waals surface area contributed by atoms with Crippen LogP contribution in [-0.4, -0.2) is 15.2 Å². The topological polar surface area (TPSA) is 53.4 Å². The van der Waals surface area contributed by atoms with E-state index >= 15 is 0 Å². The SMILES string of the molecule is Oc1ccccc1-c1cc(-c2ccc(Cl)cc2)nc2c1Cc1cccc(O)c1-2. The molecule has 3 nitrogen and oxygen atoms in total. The molecular weight excluding hydrogens is 370 g/mol. The molecule has 0 spiro atoms. The van der Waals surface area contributed by atoms with E-state index in [0.717, 1.165) is 44.8 Å². The van der Waals surface area contributed by atoms with Gasteiger partial charge in [-0.05, 0) is 47.0 Å². The number of aromatic nitrogens is 1. The van der Waals surface area contributed by atoms with E-state index < -0.39 is 0 Å². The third-order valence-electron chi connectivity index (χ3n) is 5.19. The third-order valence-corrected chi connectivity index (χ3v) is 5.44. The number of fused-ring (bicyclic) bond motifs is 3. The van der Waals surface area contributed by atoms with Gasteiger partial charge in [-0.2, -0.15) is 0 Å². The number of nitrogens with zero attached hydrogens (tertiary/aromatic N) is 1. The lowest BCUT2D eigenvalue weighted by molar-refractivity contribution is 0.476. The number of pyridine rings is 1. The van der Waals surface area contributed by atoms with Crippen molar-refractivity contribution < 1.29 is 10.2 Å². The van der Waals surface area contributed by atoms with Crippen LogP contribution in [-0.2, 0) is 6.42 Å². The molecule has 1 aliphatic rings. The molecule has 3 aromatic carbocycles. The predicted molar refractivity (Wildman–Crippen MR) is 112 cm³/mol. The second-order valence-corrected chi connectivity index (χ2v) is 7.33. The van der Waals surface area contributed by atoms with Gasteiger partial charge in [0.1, 0.15) is 11.5 Å². The van der Waals surface area contributed by atoms with Crippen LogP contribution in [0.5, 0.6) is 11.5 Å². The average Bonchev–Trinajstić information content (AvgIpc) is 3.08. The van der Waals surface area contributed by atoms with Gasteiger partial charge in [0.15, 0.2) is 0 Å². The number of hydrogen-bond acceptors (Lipinski definition) is 3. The molecular formula is C24H16ClNO2. The summed E-state index contributed by atoms with van der Waals surface area (Å²) in [7, 11) is 0. The molecule has 4 aromatic rings. The molecule has 136 valence electrons. The molecule has 0 fully saturated rings. The largest absolute Gasteiger partial charge is 0.507 e. The minimum Gasteiger partial charge on any atom is -0.507 e. The summed E-state index contributed by atoms with van der Waals surface area (Å²) in [6, 6.07) is 22.3. The Morgan fingerprint density at radius 3 is 2.32 bits per heavy atom. The van der Waals surface area contributed by atoms with Gasteiger partial charge in [0.25, 0.3) is 0 Å². The first-order valence-corrected chi connectivity index (χ1v) is 9.39. The molecule has 0 bridgehead atoms. The van der Waals surface area contributed by atoms with Gasteiger partial charge in [-0.3, -0.25) is 0 Å². The first-order valence-electron chi connectivity index (χ1n) is 9.01. The highest BCUT2D eigenvalue weighted by molar-refractivity contribution is 6.30.